The van der Waals surface area contributed by atoms with Gasteiger partial charge in [0.2, 0.25) is 0 Å². The van der Waals surface area contributed by atoms with Crippen molar-refractivity contribution in [2.24, 2.45) is 10.9 Å². The molecule has 0 amide bonds. The van der Waals surface area contributed by atoms with Gasteiger partial charge in [0, 0.05) is 6.54 Å². The zero-order valence-corrected chi connectivity index (χ0v) is 9.63. The van der Waals surface area contributed by atoms with Crippen LogP contribution in [0.3, 0.4) is 0 Å². The molecule has 0 N–H and O–H groups in total. The van der Waals surface area contributed by atoms with Crippen molar-refractivity contribution in [3.05, 3.63) is 24.8 Å². The van der Waals surface area contributed by atoms with E-state index in [1.54, 1.807) is 0 Å². The Kier molecular flexibility index (Phi) is 8.20. The van der Waals surface area contributed by atoms with E-state index < -0.39 is 0 Å². The maximum atomic E-state index is 4.34. The molecule has 80 valence electrons. The third-order valence-corrected chi connectivity index (χ3v) is 2.27. The highest BCUT2D eigenvalue weighted by Gasteiger charge is 2.02. The van der Waals surface area contributed by atoms with Crippen LogP contribution in [0.2, 0.25) is 0 Å². The van der Waals surface area contributed by atoms with Crippen LogP contribution in [0.4, 0.5) is 0 Å². The standard InChI is InChI=1S/C13H23N/c1-5-7-10-14-11-8-9-13(6-2)12(3)4/h6,10,13H,2-3,5,7-9,11H2,1,4H3/b14-10+. The van der Waals surface area contributed by atoms with Gasteiger partial charge >= 0.3 is 0 Å². The number of allylic oxidation sites excluding steroid dienone is 2. The molecule has 0 rings (SSSR count). The van der Waals surface area contributed by atoms with Crippen LogP contribution < -0.4 is 0 Å². The Bertz CT molecular complexity index is 191. The molecule has 0 heterocycles. The highest BCUT2D eigenvalue weighted by Crippen LogP contribution is 2.15. The highest BCUT2D eigenvalue weighted by atomic mass is 14.7. The molecule has 0 aliphatic rings. The van der Waals surface area contributed by atoms with Crippen LogP contribution in [0.25, 0.3) is 0 Å². The molecule has 1 atom stereocenters. The lowest BCUT2D eigenvalue weighted by molar-refractivity contribution is 0.637. The van der Waals surface area contributed by atoms with Crippen molar-refractivity contribution < 1.29 is 0 Å². The van der Waals surface area contributed by atoms with Gasteiger partial charge in [-0.05, 0) is 38.3 Å². The van der Waals surface area contributed by atoms with E-state index in [1.807, 2.05) is 12.3 Å². The molecule has 0 radical (unpaired) electrons. The summed E-state index contributed by atoms with van der Waals surface area (Å²) in [6, 6.07) is 0. The van der Waals surface area contributed by atoms with E-state index >= 15 is 0 Å². The highest BCUT2D eigenvalue weighted by molar-refractivity contribution is 5.56. The fourth-order valence-corrected chi connectivity index (χ4v) is 1.28. The average molecular weight is 193 g/mol. The van der Waals surface area contributed by atoms with E-state index in [-0.39, 0.29) is 0 Å². The molecule has 0 spiro atoms. The third-order valence-electron chi connectivity index (χ3n) is 2.27. The van der Waals surface area contributed by atoms with Gasteiger partial charge in [-0.2, -0.15) is 0 Å². The Labute approximate surface area is 88.6 Å². The first kappa shape index (κ1) is 13.2. The first-order valence-corrected chi connectivity index (χ1v) is 5.48. The molecular weight excluding hydrogens is 170 g/mol. The first-order chi connectivity index (χ1) is 6.72. The molecule has 0 aromatic carbocycles. The average Bonchev–Trinajstić information content (AvgIpc) is 2.16. The van der Waals surface area contributed by atoms with Gasteiger partial charge in [-0.1, -0.05) is 31.6 Å². The smallest absolute Gasteiger partial charge is 0.0385 e. The largest absolute Gasteiger partial charge is 0.298 e. The van der Waals surface area contributed by atoms with E-state index in [0.29, 0.717) is 5.92 Å². The van der Waals surface area contributed by atoms with Crippen LogP contribution in [0.1, 0.15) is 39.5 Å². The molecule has 0 bridgehead atoms. The van der Waals surface area contributed by atoms with Crippen molar-refractivity contribution in [1.29, 1.82) is 0 Å². The minimum Gasteiger partial charge on any atom is -0.298 e. The maximum Gasteiger partial charge on any atom is 0.0385 e. The number of hydrogen-bond donors (Lipinski definition) is 0. The van der Waals surface area contributed by atoms with Gasteiger partial charge in [-0.25, -0.2) is 0 Å². The van der Waals surface area contributed by atoms with E-state index in [1.165, 1.54) is 12.0 Å². The van der Waals surface area contributed by atoms with Crippen LogP contribution in [0.15, 0.2) is 29.8 Å². The quantitative estimate of drug-likeness (QED) is 0.314. The minimum absolute atomic E-state index is 0.469. The Morgan fingerprint density at radius 2 is 2.21 bits per heavy atom. The molecule has 1 nitrogen and oxygen atoms in total. The van der Waals surface area contributed by atoms with Crippen molar-refractivity contribution in [3.63, 3.8) is 0 Å². The maximum absolute atomic E-state index is 4.34. The molecule has 0 aromatic rings. The van der Waals surface area contributed by atoms with Gasteiger partial charge in [-0.15, -0.1) is 6.58 Å². The Morgan fingerprint density at radius 3 is 2.71 bits per heavy atom. The zero-order valence-electron chi connectivity index (χ0n) is 9.63. The Morgan fingerprint density at radius 1 is 1.50 bits per heavy atom. The molecule has 0 aliphatic heterocycles. The third kappa shape index (κ3) is 6.64. The number of nitrogens with zero attached hydrogens (tertiary/aromatic N) is 1. The summed E-state index contributed by atoms with van der Waals surface area (Å²) in [4.78, 5) is 4.34. The molecule has 14 heavy (non-hydrogen) atoms. The van der Waals surface area contributed by atoms with E-state index in [0.717, 1.165) is 25.8 Å². The van der Waals surface area contributed by atoms with Crippen molar-refractivity contribution >= 4 is 6.21 Å². The molecule has 0 aromatic heterocycles. The summed E-state index contributed by atoms with van der Waals surface area (Å²) in [5.74, 6) is 0.469. The van der Waals surface area contributed by atoms with Gasteiger partial charge in [0.1, 0.15) is 0 Å². The van der Waals surface area contributed by atoms with Gasteiger partial charge in [0.05, 0.1) is 0 Å². The summed E-state index contributed by atoms with van der Waals surface area (Å²) in [5, 5.41) is 0. The lowest BCUT2D eigenvalue weighted by Gasteiger charge is -2.10. The van der Waals surface area contributed by atoms with Crippen LogP contribution in [-0.4, -0.2) is 12.8 Å². The number of hydrogen-bond acceptors (Lipinski definition) is 1. The molecule has 1 unspecified atom stereocenters. The molecule has 0 aliphatic carbocycles. The van der Waals surface area contributed by atoms with Gasteiger partial charge in [0.15, 0.2) is 0 Å². The van der Waals surface area contributed by atoms with Crippen LogP contribution in [0.5, 0.6) is 0 Å². The summed E-state index contributed by atoms with van der Waals surface area (Å²) in [6.07, 6.45) is 8.56. The van der Waals surface area contributed by atoms with Gasteiger partial charge < -0.3 is 0 Å². The topological polar surface area (TPSA) is 12.4 Å². The van der Waals surface area contributed by atoms with E-state index in [9.17, 15) is 0 Å². The molecular formula is C13H23N. The normalized spacial score (nSPS) is 13.0. The van der Waals surface area contributed by atoms with Crippen molar-refractivity contribution in [2.45, 2.75) is 39.5 Å². The summed E-state index contributed by atoms with van der Waals surface area (Å²) in [7, 11) is 0. The van der Waals surface area contributed by atoms with Crippen LogP contribution in [-0.2, 0) is 0 Å². The summed E-state index contributed by atoms with van der Waals surface area (Å²) in [6.45, 7) is 12.9. The second-order valence-corrected chi connectivity index (χ2v) is 3.71. The van der Waals surface area contributed by atoms with Crippen molar-refractivity contribution in [3.8, 4) is 0 Å². The monoisotopic (exact) mass is 193 g/mol. The molecule has 0 fully saturated rings. The summed E-state index contributed by atoms with van der Waals surface area (Å²) in [5.41, 5.74) is 1.21. The summed E-state index contributed by atoms with van der Waals surface area (Å²) < 4.78 is 0. The minimum atomic E-state index is 0.469. The Hall–Kier alpha value is -0.850. The number of rotatable bonds is 8. The number of unbranched alkanes of at least 4 members (excludes halogenated alkanes) is 1. The van der Waals surface area contributed by atoms with E-state index in [4.69, 9.17) is 0 Å². The predicted molar refractivity (Wildman–Crippen MR) is 66.0 cm³/mol. The fraction of sp³-hybridized carbons (Fsp3) is 0.615. The molecule has 0 saturated carbocycles. The molecule has 1 heteroatoms. The fourth-order valence-electron chi connectivity index (χ4n) is 1.28. The second-order valence-electron chi connectivity index (χ2n) is 3.71. The zero-order chi connectivity index (χ0) is 10.8. The lowest BCUT2D eigenvalue weighted by Crippen LogP contribution is -1.98. The van der Waals surface area contributed by atoms with Crippen LogP contribution >= 0.6 is 0 Å². The second kappa shape index (κ2) is 8.74. The van der Waals surface area contributed by atoms with Crippen LogP contribution in [0, 0.1) is 5.92 Å². The van der Waals surface area contributed by atoms with Crippen molar-refractivity contribution in [2.75, 3.05) is 6.54 Å². The van der Waals surface area contributed by atoms with Crippen molar-refractivity contribution in [1.82, 2.24) is 0 Å². The molecule has 0 saturated heterocycles. The summed E-state index contributed by atoms with van der Waals surface area (Å²) >= 11 is 0. The van der Waals surface area contributed by atoms with Gasteiger partial charge in [-0.3, -0.25) is 4.99 Å². The van der Waals surface area contributed by atoms with Gasteiger partial charge in [0.25, 0.3) is 0 Å². The lowest BCUT2D eigenvalue weighted by atomic mass is 9.97. The predicted octanol–water partition coefficient (Wildman–Crippen LogP) is 4.02. The Balaban J connectivity index is 3.52. The van der Waals surface area contributed by atoms with E-state index in [2.05, 4.69) is 32.0 Å². The number of aliphatic imine (C=N–C) groups is 1. The SMILES string of the molecule is C=CC(CCC/N=C/CCC)C(=C)C. The first-order valence-electron chi connectivity index (χ1n) is 5.48.